The first-order valence-corrected chi connectivity index (χ1v) is 13.3. The molecule has 0 saturated carbocycles. The average molecular weight is 521 g/mol. The Labute approximate surface area is 225 Å². The number of carbonyl (C=O) groups excluding carboxylic acids is 2. The number of halogens is 1. The number of benzene rings is 3. The third-order valence-electron chi connectivity index (χ3n) is 6.23. The zero-order chi connectivity index (χ0) is 26.6. The van der Waals surface area contributed by atoms with Crippen molar-refractivity contribution in [3.05, 3.63) is 101 Å². The number of unbranched alkanes of at least 4 members (excludes halogenated alkanes) is 1. The van der Waals surface area contributed by atoms with E-state index in [1.807, 2.05) is 72.8 Å². The molecule has 0 radical (unpaired) electrons. The molecule has 0 fully saturated rings. The SMILES string of the molecule is CCCCNC(=O)[C@@H](Cc1ccccc1)N(Cc1cccc(Cl)c1)C(=O)COc1ccccc1C(C)C. The van der Waals surface area contributed by atoms with E-state index in [0.717, 1.165) is 29.5 Å². The molecule has 0 aliphatic rings. The maximum absolute atomic E-state index is 13.7. The van der Waals surface area contributed by atoms with E-state index >= 15 is 0 Å². The summed E-state index contributed by atoms with van der Waals surface area (Å²) in [7, 11) is 0. The number of ether oxygens (including phenoxy) is 1. The summed E-state index contributed by atoms with van der Waals surface area (Å²) in [6.45, 7) is 6.90. The van der Waals surface area contributed by atoms with E-state index in [2.05, 4.69) is 26.1 Å². The number of nitrogens with one attached hydrogen (secondary N) is 1. The Morgan fingerprint density at radius 1 is 0.946 bits per heavy atom. The van der Waals surface area contributed by atoms with Crippen LogP contribution < -0.4 is 10.1 Å². The van der Waals surface area contributed by atoms with Crippen molar-refractivity contribution < 1.29 is 14.3 Å². The van der Waals surface area contributed by atoms with E-state index in [0.29, 0.717) is 23.7 Å². The molecule has 0 saturated heterocycles. The highest BCUT2D eigenvalue weighted by Gasteiger charge is 2.30. The second-order valence-corrected chi connectivity index (χ2v) is 9.92. The van der Waals surface area contributed by atoms with Gasteiger partial charge < -0.3 is 15.0 Å². The molecule has 196 valence electrons. The van der Waals surface area contributed by atoms with Crippen LogP contribution in [-0.4, -0.2) is 35.9 Å². The van der Waals surface area contributed by atoms with Gasteiger partial charge in [0, 0.05) is 24.5 Å². The molecule has 0 heterocycles. The second kappa shape index (κ2) is 14.4. The molecule has 37 heavy (non-hydrogen) atoms. The lowest BCUT2D eigenvalue weighted by molar-refractivity contribution is -0.142. The third-order valence-corrected chi connectivity index (χ3v) is 6.47. The topological polar surface area (TPSA) is 58.6 Å². The highest BCUT2D eigenvalue weighted by atomic mass is 35.5. The van der Waals surface area contributed by atoms with Gasteiger partial charge in [0.2, 0.25) is 5.91 Å². The van der Waals surface area contributed by atoms with Crippen molar-refractivity contribution in [2.75, 3.05) is 13.2 Å². The Bertz CT molecular complexity index is 1150. The zero-order valence-electron chi connectivity index (χ0n) is 22.0. The lowest BCUT2D eigenvalue weighted by atomic mass is 10.0. The number of para-hydroxylation sites is 1. The largest absolute Gasteiger partial charge is 0.483 e. The molecule has 3 aromatic carbocycles. The summed E-state index contributed by atoms with van der Waals surface area (Å²) in [5.41, 5.74) is 2.87. The van der Waals surface area contributed by atoms with Gasteiger partial charge in [-0.15, -0.1) is 0 Å². The van der Waals surface area contributed by atoms with Gasteiger partial charge in [-0.25, -0.2) is 0 Å². The first kappa shape index (κ1) is 28.3. The lowest BCUT2D eigenvalue weighted by Crippen LogP contribution is -2.51. The Balaban J connectivity index is 1.91. The monoisotopic (exact) mass is 520 g/mol. The number of hydrogen-bond donors (Lipinski definition) is 1. The van der Waals surface area contributed by atoms with Gasteiger partial charge in [0.1, 0.15) is 11.8 Å². The maximum Gasteiger partial charge on any atom is 0.261 e. The third kappa shape index (κ3) is 8.64. The lowest BCUT2D eigenvalue weighted by Gasteiger charge is -2.31. The molecule has 1 N–H and O–H groups in total. The van der Waals surface area contributed by atoms with Crippen molar-refractivity contribution in [3.8, 4) is 5.75 Å². The predicted molar refractivity (Wildman–Crippen MR) is 150 cm³/mol. The molecule has 3 aromatic rings. The van der Waals surface area contributed by atoms with Crippen LogP contribution in [0.2, 0.25) is 5.02 Å². The highest BCUT2D eigenvalue weighted by molar-refractivity contribution is 6.30. The van der Waals surface area contributed by atoms with E-state index in [1.165, 1.54) is 0 Å². The van der Waals surface area contributed by atoms with E-state index in [1.54, 1.807) is 11.0 Å². The smallest absolute Gasteiger partial charge is 0.261 e. The Morgan fingerprint density at radius 2 is 1.65 bits per heavy atom. The van der Waals surface area contributed by atoms with Gasteiger partial charge in [-0.1, -0.05) is 99.5 Å². The fourth-order valence-electron chi connectivity index (χ4n) is 4.20. The molecule has 0 aromatic heterocycles. The molecular formula is C31H37ClN2O3. The van der Waals surface area contributed by atoms with Crippen LogP contribution in [0.1, 0.15) is 56.2 Å². The normalized spacial score (nSPS) is 11.7. The van der Waals surface area contributed by atoms with Crippen LogP contribution in [0.5, 0.6) is 5.75 Å². The molecule has 0 aliphatic heterocycles. The average Bonchev–Trinajstić information content (AvgIpc) is 2.90. The van der Waals surface area contributed by atoms with Crippen molar-refractivity contribution in [1.82, 2.24) is 10.2 Å². The second-order valence-electron chi connectivity index (χ2n) is 9.48. The molecule has 6 heteroatoms. The van der Waals surface area contributed by atoms with Crippen molar-refractivity contribution in [3.63, 3.8) is 0 Å². The Hall–Kier alpha value is -3.31. The molecule has 1 atom stereocenters. The Morgan fingerprint density at radius 3 is 2.35 bits per heavy atom. The summed E-state index contributed by atoms with van der Waals surface area (Å²) in [6, 6.07) is 24.2. The van der Waals surface area contributed by atoms with Crippen molar-refractivity contribution in [2.45, 2.75) is 58.5 Å². The summed E-state index contributed by atoms with van der Waals surface area (Å²) in [5, 5.41) is 3.62. The van der Waals surface area contributed by atoms with E-state index in [4.69, 9.17) is 16.3 Å². The number of amides is 2. The predicted octanol–water partition coefficient (Wildman–Crippen LogP) is 6.40. The van der Waals surface area contributed by atoms with Crippen molar-refractivity contribution >= 4 is 23.4 Å². The molecule has 0 bridgehead atoms. The quantitative estimate of drug-likeness (QED) is 0.265. The summed E-state index contributed by atoms with van der Waals surface area (Å²) in [6.07, 6.45) is 2.24. The summed E-state index contributed by atoms with van der Waals surface area (Å²) in [5.74, 6) is 0.505. The van der Waals surface area contributed by atoms with Gasteiger partial charge >= 0.3 is 0 Å². The molecular weight excluding hydrogens is 484 g/mol. The molecule has 2 amide bonds. The van der Waals surface area contributed by atoms with Crippen molar-refractivity contribution in [2.24, 2.45) is 0 Å². The number of nitrogens with zero attached hydrogens (tertiary/aromatic N) is 1. The summed E-state index contributed by atoms with van der Waals surface area (Å²) < 4.78 is 6.03. The number of rotatable bonds is 13. The first-order valence-electron chi connectivity index (χ1n) is 13.0. The van der Waals surface area contributed by atoms with Crippen LogP contribution in [0, 0.1) is 0 Å². The van der Waals surface area contributed by atoms with E-state index in [9.17, 15) is 9.59 Å². The summed E-state index contributed by atoms with van der Waals surface area (Å²) >= 11 is 6.25. The van der Waals surface area contributed by atoms with Crippen LogP contribution in [0.3, 0.4) is 0 Å². The van der Waals surface area contributed by atoms with Crippen LogP contribution >= 0.6 is 11.6 Å². The van der Waals surface area contributed by atoms with E-state index in [-0.39, 0.29) is 30.9 Å². The van der Waals surface area contributed by atoms with Gasteiger partial charge in [0.15, 0.2) is 6.61 Å². The van der Waals surface area contributed by atoms with Crippen LogP contribution in [0.15, 0.2) is 78.9 Å². The van der Waals surface area contributed by atoms with E-state index < -0.39 is 6.04 Å². The Kier molecular flexibility index (Phi) is 11.0. The summed E-state index contributed by atoms with van der Waals surface area (Å²) in [4.78, 5) is 28.8. The van der Waals surface area contributed by atoms with Crippen LogP contribution in [-0.2, 0) is 22.6 Å². The molecule has 3 rings (SSSR count). The minimum atomic E-state index is -0.699. The fraction of sp³-hybridized carbons (Fsp3) is 0.355. The van der Waals surface area contributed by atoms with Gasteiger partial charge in [0.05, 0.1) is 0 Å². The maximum atomic E-state index is 13.7. The van der Waals surface area contributed by atoms with Crippen LogP contribution in [0.25, 0.3) is 0 Å². The number of hydrogen-bond acceptors (Lipinski definition) is 3. The highest BCUT2D eigenvalue weighted by Crippen LogP contribution is 2.26. The van der Waals surface area contributed by atoms with Gasteiger partial charge in [-0.05, 0) is 47.2 Å². The zero-order valence-corrected chi connectivity index (χ0v) is 22.7. The molecule has 5 nitrogen and oxygen atoms in total. The molecule has 0 spiro atoms. The van der Waals surface area contributed by atoms with Gasteiger partial charge in [-0.3, -0.25) is 9.59 Å². The minimum absolute atomic E-state index is 0.169. The minimum Gasteiger partial charge on any atom is -0.483 e. The van der Waals surface area contributed by atoms with Gasteiger partial charge in [0.25, 0.3) is 5.91 Å². The van der Waals surface area contributed by atoms with Gasteiger partial charge in [-0.2, -0.15) is 0 Å². The first-order chi connectivity index (χ1) is 17.9. The van der Waals surface area contributed by atoms with Crippen LogP contribution in [0.4, 0.5) is 0 Å². The molecule has 0 unspecified atom stereocenters. The fourth-order valence-corrected chi connectivity index (χ4v) is 4.42. The van der Waals surface area contributed by atoms with Crippen molar-refractivity contribution in [1.29, 1.82) is 0 Å². The number of carbonyl (C=O) groups is 2. The molecule has 0 aliphatic carbocycles. The standard InChI is InChI=1S/C31H37ClN2O3/c1-4-5-18-33-31(36)28(20-24-12-7-6-8-13-24)34(21-25-14-11-15-26(32)19-25)30(35)22-37-29-17-10-9-16-27(29)23(2)3/h6-17,19,23,28H,4-5,18,20-22H2,1-3H3,(H,33,36)/t28-/m1/s1.